The monoisotopic (exact) mass is 237 g/mol. The summed E-state index contributed by atoms with van der Waals surface area (Å²) in [7, 11) is 0. The van der Waals surface area contributed by atoms with Crippen LogP contribution in [0.2, 0.25) is 0 Å². The Labute approximate surface area is 102 Å². The van der Waals surface area contributed by atoms with Crippen molar-refractivity contribution >= 4 is 0 Å². The molecule has 0 saturated carbocycles. The van der Waals surface area contributed by atoms with Crippen LogP contribution in [-0.2, 0) is 6.42 Å². The lowest BCUT2D eigenvalue weighted by Crippen LogP contribution is -2.32. The Morgan fingerprint density at radius 1 is 1.53 bits per heavy atom. The fraction of sp³-hybridized carbons (Fsp3) is 0.571. The van der Waals surface area contributed by atoms with E-state index in [0.717, 1.165) is 36.8 Å². The Morgan fingerprint density at radius 3 is 3.06 bits per heavy atom. The molecule has 2 rings (SSSR count). The normalized spacial score (nSPS) is 20.3. The predicted molar refractivity (Wildman–Crippen MR) is 66.4 cm³/mol. The number of hydrogen-bond acceptors (Lipinski definition) is 2. The van der Waals surface area contributed by atoms with Gasteiger partial charge in [0.1, 0.15) is 5.82 Å². The first kappa shape index (κ1) is 12.5. The van der Waals surface area contributed by atoms with E-state index in [1.807, 2.05) is 6.07 Å². The molecule has 0 amide bonds. The summed E-state index contributed by atoms with van der Waals surface area (Å²) in [5.74, 6) is -0.0815. The smallest absolute Gasteiger partial charge is 0.126 e. The Kier molecular flexibility index (Phi) is 4.13. The minimum Gasteiger partial charge on any atom is -0.396 e. The highest BCUT2D eigenvalue weighted by molar-refractivity contribution is 5.35. The van der Waals surface area contributed by atoms with E-state index in [-0.39, 0.29) is 18.5 Å². The molecule has 0 fully saturated rings. The van der Waals surface area contributed by atoms with Crippen molar-refractivity contribution < 1.29 is 9.50 Å². The lowest BCUT2D eigenvalue weighted by Gasteiger charge is -2.22. The molecule has 17 heavy (non-hydrogen) atoms. The van der Waals surface area contributed by atoms with Gasteiger partial charge in [-0.3, -0.25) is 0 Å². The molecule has 0 saturated heterocycles. The fourth-order valence-corrected chi connectivity index (χ4v) is 2.63. The second-order valence-corrected chi connectivity index (χ2v) is 4.68. The second kappa shape index (κ2) is 5.61. The van der Waals surface area contributed by atoms with Crippen molar-refractivity contribution in [3.05, 3.63) is 35.1 Å². The van der Waals surface area contributed by atoms with Crippen molar-refractivity contribution in [1.82, 2.24) is 5.32 Å². The van der Waals surface area contributed by atoms with Gasteiger partial charge < -0.3 is 10.4 Å². The van der Waals surface area contributed by atoms with Crippen LogP contribution in [0.25, 0.3) is 0 Å². The first-order valence-electron chi connectivity index (χ1n) is 6.40. The van der Waals surface area contributed by atoms with Gasteiger partial charge in [0.2, 0.25) is 0 Å². The maximum absolute atomic E-state index is 13.6. The molecule has 1 aliphatic carbocycles. The number of fused-ring (bicyclic) bond motifs is 1. The number of benzene rings is 1. The zero-order valence-electron chi connectivity index (χ0n) is 10.2. The highest BCUT2D eigenvalue weighted by atomic mass is 19.1. The van der Waals surface area contributed by atoms with Crippen LogP contribution in [0.3, 0.4) is 0 Å². The van der Waals surface area contributed by atoms with Gasteiger partial charge in [0.15, 0.2) is 0 Å². The molecule has 0 aromatic heterocycles. The van der Waals surface area contributed by atoms with E-state index in [4.69, 9.17) is 5.11 Å². The molecule has 3 heteroatoms. The quantitative estimate of drug-likeness (QED) is 0.825. The molecule has 0 spiro atoms. The molecule has 0 aliphatic heterocycles. The summed E-state index contributed by atoms with van der Waals surface area (Å²) < 4.78 is 13.6. The number of rotatable bonds is 5. The van der Waals surface area contributed by atoms with Crippen LogP contribution in [-0.4, -0.2) is 17.8 Å². The summed E-state index contributed by atoms with van der Waals surface area (Å²) in [6.45, 7) is 2.31. The topological polar surface area (TPSA) is 32.3 Å². The number of halogens is 1. The van der Waals surface area contributed by atoms with E-state index in [2.05, 4.69) is 12.2 Å². The third kappa shape index (κ3) is 2.67. The van der Waals surface area contributed by atoms with Crippen molar-refractivity contribution in [2.75, 3.05) is 6.61 Å². The average Bonchev–Trinajstić information content (AvgIpc) is 2.73. The summed E-state index contributed by atoms with van der Waals surface area (Å²) in [4.78, 5) is 0. The Morgan fingerprint density at radius 2 is 2.35 bits per heavy atom. The summed E-state index contributed by atoms with van der Waals surface area (Å²) in [5.41, 5.74) is 1.96. The molecule has 0 bridgehead atoms. The molecule has 1 aromatic rings. The van der Waals surface area contributed by atoms with E-state index >= 15 is 0 Å². The van der Waals surface area contributed by atoms with Crippen molar-refractivity contribution in [3.63, 3.8) is 0 Å². The van der Waals surface area contributed by atoms with Crippen molar-refractivity contribution in [2.45, 2.75) is 44.7 Å². The zero-order chi connectivity index (χ0) is 12.3. The summed E-state index contributed by atoms with van der Waals surface area (Å²) in [5, 5.41) is 12.5. The molecule has 1 aliphatic rings. The van der Waals surface area contributed by atoms with E-state index in [9.17, 15) is 4.39 Å². The fourth-order valence-electron chi connectivity index (χ4n) is 2.63. The maximum atomic E-state index is 13.6. The highest BCUT2D eigenvalue weighted by Gasteiger charge is 2.25. The average molecular weight is 237 g/mol. The summed E-state index contributed by atoms with van der Waals surface area (Å²) in [6.07, 6.45) is 3.52. The van der Waals surface area contributed by atoms with Crippen molar-refractivity contribution in [2.24, 2.45) is 0 Å². The number of hydrogen-bond donors (Lipinski definition) is 2. The van der Waals surface area contributed by atoms with E-state index in [1.54, 1.807) is 6.07 Å². The molecule has 0 radical (unpaired) electrons. The summed E-state index contributed by atoms with van der Waals surface area (Å²) >= 11 is 0. The molecule has 2 N–H and O–H groups in total. The van der Waals surface area contributed by atoms with Crippen molar-refractivity contribution in [1.29, 1.82) is 0 Å². The Hall–Kier alpha value is -0.930. The van der Waals surface area contributed by atoms with Gasteiger partial charge in [-0.25, -0.2) is 4.39 Å². The third-order valence-electron chi connectivity index (χ3n) is 3.62. The molecular formula is C14H20FNO. The van der Waals surface area contributed by atoms with Gasteiger partial charge in [0, 0.05) is 18.7 Å². The van der Waals surface area contributed by atoms with E-state index in [0.29, 0.717) is 6.04 Å². The minimum absolute atomic E-state index is 0.0815. The van der Waals surface area contributed by atoms with Crippen molar-refractivity contribution in [3.8, 4) is 0 Å². The third-order valence-corrected chi connectivity index (χ3v) is 3.62. The van der Waals surface area contributed by atoms with Gasteiger partial charge in [-0.1, -0.05) is 19.1 Å². The van der Waals surface area contributed by atoms with Gasteiger partial charge in [0.25, 0.3) is 0 Å². The second-order valence-electron chi connectivity index (χ2n) is 4.68. The maximum Gasteiger partial charge on any atom is 0.126 e. The zero-order valence-corrected chi connectivity index (χ0v) is 10.2. The molecule has 0 heterocycles. The molecule has 2 atom stereocenters. The predicted octanol–water partition coefficient (Wildman–Crippen LogP) is 2.56. The first-order valence-corrected chi connectivity index (χ1v) is 6.40. The molecular weight excluding hydrogens is 217 g/mol. The Balaban J connectivity index is 2.09. The molecule has 2 nitrogen and oxygen atoms in total. The van der Waals surface area contributed by atoms with Crippen LogP contribution in [0.1, 0.15) is 43.4 Å². The lowest BCUT2D eigenvalue weighted by molar-refractivity contribution is 0.255. The molecule has 2 unspecified atom stereocenters. The van der Waals surface area contributed by atoms with E-state index < -0.39 is 0 Å². The van der Waals surface area contributed by atoms with Crippen LogP contribution in [0.5, 0.6) is 0 Å². The van der Waals surface area contributed by atoms with E-state index in [1.165, 1.54) is 6.07 Å². The molecule has 94 valence electrons. The minimum atomic E-state index is -0.0815. The first-order chi connectivity index (χ1) is 8.26. The van der Waals surface area contributed by atoms with Crippen LogP contribution in [0.15, 0.2) is 18.2 Å². The van der Waals surface area contributed by atoms with Crippen LogP contribution >= 0.6 is 0 Å². The number of nitrogens with one attached hydrogen (secondary N) is 1. The highest BCUT2D eigenvalue weighted by Crippen LogP contribution is 2.33. The number of aliphatic hydroxyl groups excluding tert-OH is 1. The van der Waals surface area contributed by atoms with Crippen LogP contribution < -0.4 is 5.32 Å². The summed E-state index contributed by atoms with van der Waals surface area (Å²) in [6, 6.07) is 5.89. The lowest BCUT2D eigenvalue weighted by atomic mass is 10.1. The van der Waals surface area contributed by atoms with Gasteiger partial charge >= 0.3 is 0 Å². The SMILES string of the molecule is CCC(CCO)NC1CCc2c(F)cccc21. The largest absolute Gasteiger partial charge is 0.396 e. The van der Waals surface area contributed by atoms with Crippen LogP contribution in [0.4, 0.5) is 4.39 Å². The standard InChI is InChI=1S/C14H20FNO/c1-2-10(8-9-17)16-14-7-6-11-12(14)4-3-5-13(11)15/h3-5,10,14,16-17H,2,6-9H2,1H3. The van der Waals surface area contributed by atoms with Gasteiger partial charge in [0.05, 0.1) is 0 Å². The van der Waals surface area contributed by atoms with Gasteiger partial charge in [-0.15, -0.1) is 0 Å². The van der Waals surface area contributed by atoms with Gasteiger partial charge in [-0.2, -0.15) is 0 Å². The van der Waals surface area contributed by atoms with Crippen LogP contribution in [0, 0.1) is 5.82 Å². The number of aliphatic hydroxyl groups is 1. The molecule has 1 aromatic carbocycles. The Bertz CT molecular complexity index is 380. The van der Waals surface area contributed by atoms with Gasteiger partial charge in [-0.05, 0) is 42.9 Å².